The lowest BCUT2D eigenvalue weighted by Crippen LogP contribution is -1.99. The fraction of sp³-hybridized carbons (Fsp3) is 0.900. The van der Waals surface area contributed by atoms with E-state index in [-0.39, 0.29) is 5.97 Å². The van der Waals surface area contributed by atoms with Crippen LogP contribution in [0.4, 0.5) is 0 Å². The molecule has 0 aromatic carbocycles. The van der Waals surface area contributed by atoms with Crippen LogP contribution in [0.3, 0.4) is 0 Å². The zero-order valence-electron chi connectivity index (χ0n) is 22.1. The smallest absolute Gasteiger partial charge is 0.302 e. The predicted molar refractivity (Wildman–Crippen MR) is 142 cm³/mol. The van der Waals surface area contributed by atoms with Gasteiger partial charge in [-0.05, 0) is 32.1 Å². The minimum Gasteiger partial charge on any atom is -0.466 e. The minimum atomic E-state index is -0.167. The number of carbonyl (C=O) groups excluding carboxylic acids is 1. The van der Waals surface area contributed by atoms with Crippen LogP contribution in [0.15, 0.2) is 12.2 Å². The average molecular weight is 451 g/mol. The molecular weight excluding hydrogens is 392 g/mol. The van der Waals surface area contributed by atoms with Crippen molar-refractivity contribution in [3.05, 3.63) is 12.2 Å². The molecule has 0 rings (SSSR count). The summed E-state index contributed by atoms with van der Waals surface area (Å²) in [5, 5.41) is 0. The Kier molecular flexibility index (Phi) is 27.5. The van der Waals surface area contributed by atoms with E-state index in [1.807, 2.05) is 0 Å². The second-order valence-electron chi connectivity index (χ2n) is 9.81. The first-order valence-corrected chi connectivity index (χ1v) is 14.6. The summed E-state index contributed by atoms with van der Waals surface area (Å²) in [5.41, 5.74) is 0. The first-order chi connectivity index (χ1) is 15.8. The number of unbranched alkanes of at least 4 members (excludes halogenated alkanes) is 22. The minimum absolute atomic E-state index is 0.167. The molecule has 0 aliphatic carbocycles. The Morgan fingerprint density at radius 1 is 0.500 bits per heavy atom. The molecule has 0 aliphatic heterocycles. The molecule has 0 bridgehead atoms. The quantitative estimate of drug-likeness (QED) is 0.0744. The Morgan fingerprint density at radius 2 is 0.812 bits per heavy atom. The van der Waals surface area contributed by atoms with Crippen molar-refractivity contribution in [2.24, 2.45) is 0 Å². The number of hydrogen-bond acceptors (Lipinski definition) is 2. The summed E-state index contributed by atoms with van der Waals surface area (Å²) in [7, 11) is 0. The molecule has 0 unspecified atom stereocenters. The first kappa shape index (κ1) is 31.2. The van der Waals surface area contributed by atoms with Crippen molar-refractivity contribution in [3.63, 3.8) is 0 Å². The van der Waals surface area contributed by atoms with E-state index in [1.165, 1.54) is 142 Å². The van der Waals surface area contributed by atoms with Gasteiger partial charge in [0.1, 0.15) is 0 Å². The van der Waals surface area contributed by atoms with Crippen LogP contribution in [0.1, 0.15) is 168 Å². The number of carbonyl (C=O) groups is 1. The number of rotatable bonds is 26. The van der Waals surface area contributed by atoms with E-state index in [1.54, 1.807) is 0 Å². The van der Waals surface area contributed by atoms with Crippen LogP contribution in [0, 0.1) is 0 Å². The summed E-state index contributed by atoms with van der Waals surface area (Å²) < 4.78 is 4.93. The van der Waals surface area contributed by atoms with Crippen LogP contribution in [0.25, 0.3) is 0 Å². The maximum absolute atomic E-state index is 10.6. The third kappa shape index (κ3) is 29.2. The molecule has 32 heavy (non-hydrogen) atoms. The molecule has 2 nitrogen and oxygen atoms in total. The van der Waals surface area contributed by atoms with Crippen LogP contribution >= 0.6 is 0 Å². The molecule has 0 atom stereocenters. The van der Waals surface area contributed by atoms with E-state index in [0.717, 1.165) is 19.3 Å². The highest BCUT2D eigenvalue weighted by molar-refractivity contribution is 5.65. The van der Waals surface area contributed by atoms with E-state index in [2.05, 4.69) is 19.1 Å². The van der Waals surface area contributed by atoms with E-state index < -0.39 is 0 Å². The molecule has 2 heteroatoms. The molecule has 0 spiro atoms. The first-order valence-electron chi connectivity index (χ1n) is 14.6. The monoisotopic (exact) mass is 450 g/mol. The Hall–Kier alpha value is -0.790. The van der Waals surface area contributed by atoms with E-state index in [9.17, 15) is 4.79 Å². The van der Waals surface area contributed by atoms with Gasteiger partial charge in [-0.1, -0.05) is 141 Å². The molecular formula is C30H58O2. The molecule has 0 aromatic rings. The number of ether oxygens (including phenoxy) is 1. The molecule has 190 valence electrons. The largest absolute Gasteiger partial charge is 0.466 e. The zero-order chi connectivity index (χ0) is 23.4. The van der Waals surface area contributed by atoms with Gasteiger partial charge in [0.05, 0.1) is 6.61 Å². The molecule has 0 saturated carbocycles. The normalized spacial score (nSPS) is 11.4. The van der Waals surface area contributed by atoms with Gasteiger partial charge in [0.25, 0.3) is 0 Å². The SMILES string of the molecule is CCCCCCCCCCCCCCCCCCCCCCC=CCCCCOC(C)=O. The van der Waals surface area contributed by atoms with Gasteiger partial charge in [-0.3, -0.25) is 4.79 Å². The molecule has 0 saturated heterocycles. The van der Waals surface area contributed by atoms with Crippen molar-refractivity contribution in [2.75, 3.05) is 6.61 Å². The zero-order valence-corrected chi connectivity index (χ0v) is 22.1. The summed E-state index contributed by atoms with van der Waals surface area (Å²) in [4.78, 5) is 10.6. The molecule has 0 amide bonds. The van der Waals surface area contributed by atoms with Gasteiger partial charge in [0.15, 0.2) is 0 Å². The molecule has 0 aliphatic rings. The predicted octanol–water partition coefficient (Wildman–Crippen LogP) is 10.5. The Bertz CT molecular complexity index is 388. The lowest BCUT2D eigenvalue weighted by Gasteiger charge is -2.04. The van der Waals surface area contributed by atoms with Gasteiger partial charge in [-0.25, -0.2) is 0 Å². The van der Waals surface area contributed by atoms with Crippen molar-refractivity contribution in [3.8, 4) is 0 Å². The van der Waals surface area contributed by atoms with Crippen LogP contribution in [-0.2, 0) is 9.53 Å². The molecule has 0 aromatic heterocycles. The van der Waals surface area contributed by atoms with Gasteiger partial charge in [0.2, 0.25) is 0 Å². The van der Waals surface area contributed by atoms with E-state index in [0.29, 0.717) is 6.61 Å². The Balaban J connectivity index is 3.06. The van der Waals surface area contributed by atoms with Crippen molar-refractivity contribution >= 4 is 5.97 Å². The van der Waals surface area contributed by atoms with Crippen LogP contribution in [0.2, 0.25) is 0 Å². The molecule has 0 heterocycles. The Labute approximate surface area is 202 Å². The fourth-order valence-corrected chi connectivity index (χ4v) is 4.33. The summed E-state index contributed by atoms with van der Waals surface area (Å²) >= 11 is 0. The van der Waals surface area contributed by atoms with Gasteiger partial charge in [-0.2, -0.15) is 0 Å². The van der Waals surface area contributed by atoms with Crippen LogP contribution < -0.4 is 0 Å². The summed E-state index contributed by atoms with van der Waals surface area (Å²) in [6.45, 7) is 4.34. The highest BCUT2D eigenvalue weighted by Gasteiger charge is 1.95. The summed E-state index contributed by atoms with van der Waals surface area (Å²) in [5.74, 6) is -0.167. The van der Waals surface area contributed by atoms with Crippen molar-refractivity contribution in [1.82, 2.24) is 0 Å². The average Bonchev–Trinajstić information content (AvgIpc) is 2.78. The number of esters is 1. The van der Waals surface area contributed by atoms with Gasteiger partial charge in [-0.15, -0.1) is 0 Å². The van der Waals surface area contributed by atoms with Crippen molar-refractivity contribution in [2.45, 2.75) is 168 Å². The van der Waals surface area contributed by atoms with E-state index >= 15 is 0 Å². The molecule has 0 fully saturated rings. The standard InChI is InChI=1S/C30H58O2/c1-3-4-5-6-7-8-9-10-11-12-13-14-15-16-17-18-19-20-21-22-23-24-25-26-27-28-29-32-30(2)31/h24-25H,3-23,26-29H2,1-2H3. The van der Waals surface area contributed by atoms with E-state index in [4.69, 9.17) is 4.74 Å². The highest BCUT2D eigenvalue weighted by atomic mass is 16.5. The molecule has 0 N–H and O–H groups in total. The third-order valence-corrected chi connectivity index (χ3v) is 6.46. The lowest BCUT2D eigenvalue weighted by molar-refractivity contribution is -0.141. The summed E-state index contributed by atoms with van der Waals surface area (Å²) in [6.07, 6.45) is 37.9. The highest BCUT2D eigenvalue weighted by Crippen LogP contribution is 2.15. The molecule has 0 radical (unpaired) electrons. The van der Waals surface area contributed by atoms with Crippen LogP contribution in [0.5, 0.6) is 0 Å². The number of hydrogen-bond donors (Lipinski definition) is 0. The number of allylic oxidation sites excluding steroid dienone is 2. The van der Waals surface area contributed by atoms with Gasteiger partial charge < -0.3 is 4.74 Å². The lowest BCUT2D eigenvalue weighted by atomic mass is 10.0. The maximum Gasteiger partial charge on any atom is 0.302 e. The second kappa shape index (κ2) is 28.2. The third-order valence-electron chi connectivity index (χ3n) is 6.46. The summed E-state index contributed by atoms with van der Waals surface area (Å²) in [6, 6.07) is 0. The van der Waals surface area contributed by atoms with Gasteiger partial charge >= 0.3 is 5.97 Å². The van der Waals surface area contributed by atoms with Crippen LogP contribution in [-0.4, -0.2) is 12.6 Å². The fourth-order valence-electron chi connectivity index (χ4n) is 4.33. The van der Waals surface area contributed by atoms with Crippen molar-refractivity contribution in [1.29, 1.82) is 0 Å². The second-order valence-corrected chi connectivity index (χ2v) is 9.81. The maximum atomic E-state index is 10.6. The van der Waals surface area contributed by atoms with Crippen molar-refractivity contribution < 1.29 is 9.53 Å². The topological polar surface area (TPSA) is 26.3 Å². The van der Waals surface area contributed by atoms with Gasteiger partial charge in [0, 0.05) is 6.92 Å². The Morgan fingerprint density at radius 3 is 1.16 bits per heavy atom.